The molecule has 0 aliphatic rings. The molecule has 0 spiro atoms. The average Bonchev–Trinajstić information content (AvgIpc) is 2.04. The van der Waals surface area contributed by atoms with Crippen LogP contribution in [-0.4, -0.2) is 11.7 Å². The van der Waals surface area contributed by atoms with Gasteiger partial charge in [0.1, 0.15) is 0 Å². The van der Waals surface area contributed by atoms with Crippen molar-refractivity contribution in [3.05, 3.63) is 12.2 Å². The number of aliphatic hydroxyl groups is 1. The highest BCUT2D eigenvalue weighted by molar-refractivity contribution is 4.80. The number of aliphatic hydroxyl groups excluding tert-OH is 1. The first kappa shape index (κ1) is 10.7. The van der Waals surface area contributed by atoms with Crippen LogP contribution in [0.2, 0.25) is 0 Å². The third-order valence-electron chi connectivity index (χ3n) is 2.04. The third-order valence-corrected chi connectivity index (χ3v) is 2.04. The second-order valence-electron chi connectivity index (χ2n) is 3.10. The largest absolute Gasteiger partial charge is 0.392 e. The van der Waals surface area contributed by atoms with E-state index < -0.39 is 0 Å². The maximum Gasteiger partial charge on any atom is 0.0612 e. The monoisotopic (exact) mass is 156 g/mol. The zero-order valence-electron chi connectivity index (χ0n) is 7.71. The van der Waals surface area contributed by atoms with Gasteiger partial charge in [-0.1, -0.05) is 38.8 Å². The molecule has 0 aromatic carbocycles. The Morgan fingerprint density at radius 3 is 2.64 bits per heavy atom. The lowest BCUT2D eigenvalue weighted by molar-refractivity contribution is 0.342. The zero-order valence-corrected chi connectivity index (χ0v) is 7.71. The van der Waals surface area contributed by atoms with Crippen molar-refractivity contribution < 1.29 is 5.11 Å². The summed E-state index contributed by atoms with van der Waals surface area (Å²) < 4.78 is 0. The smallest absolute Gasteiger partial charge is 0.0612 e. The number of hydrogen-bond acceptors (Lipinski definition) is 1. The predicted molar refractivity (Wildman–Crippen MR) is 49.5 cm³/mol. The predicted octanol–water partition coefficient (Wildman–Crippen LogP) is 2.75. The van der Waals surface area contributed by atoms with Crippen molar-refractivity contribution in [1.82, 2.24) is 0 Å². The molecule has 1 N–H and O–H groups in total. The summed E-state index contributed by atoms with van der Waals surface area (Å²) in [6.45, 7) is 4.70. The molecule has 0 fully saturated rings. The van der Waals surface area contributed by atoms with Gasteiger partial charge in [0, 0.05) is 0 Å². The highest BCUT2D eigenvalue weighted by Crippen LogP contribution is 2.10. The molecule has 1 heteroatoms. The van der Waals surface area contributed by atoms with E-state index in [0.29, 0.717) is 0 Å². The van der Waals surface area contributed by atoms with Gasteiger partial charge in [0.05, 0.1) is 6.61 Å². The van der Waals surface area contributed by atoms with E-state index in [1.54, 1.807) is 0 Å². The summed E-state index contributed by atoms with van der Waals surface area (Å²) in [5.41, 5.74) is 0. The van der Waals surface area contributed by atoms with E-state index in [1.807, 2.05) is 6.08 Å². The second kappa shape index (κ2) is 7.80. The van der Waals surface area contributed by atoms with Crippen molar-refractivity contribution in [2.45, 2.75) is 39.5 Å². The second-order valence-corrected chi connectivity index (χ2v) is 3.10. The summed E-state index contributed by atoms with van der Waals surface area (Å²) in [6, 6.07) is 0. The molecule has 1 atom stereocenters. The van der Waals surface area contributed by atoms with Crippen LogP contribution >= 0.6 is 0 Å². The van der Waals surface area contributed by atoms with Gasteiger partial charge >= 0.3 is 0 Å². The molecular formula is C10H20O. The summed E-state index contributed by atoms with van der Waals surface area (Å²) >= 11 is 0. The Morgan fingerprint density at radius 2 is 2.09 bits per heavy atom. The molecule has 0 saturated heterocycles. The SMILES string of the molecule is CCC(C)CCC/C=C/CO. The van der Waals surface area contributed by atoms with E-state index >= 15 is 0 Å². The van der Waals surface area contributed by atoms with Crippen LogP contribution < -0.4 is 0 Å². The molecule has 0 amide bonds. The van der Waals surface area contributed by atoms with E-state index in [2.05, 4.69) is 19.9 Å². The minimum absolute atomic E-state index is 0.184. The third kappa shape index (κ3) is 7.60. The van der Waals surface area contributed by atoms with Gasteiger partial charge in [-0.25, -0.2) is 0 Å². The Hall–Kier alpha value is -0.300. The van der Waals surface area contributed by atoms with Crippen molar-refractivity contribution in [1.29, 1.82) is 0 Å². The molecule has 0 bridgehead atoms. The molecule has 0 aromatic heterocycles. The van der Waals surface area contributed by atoms with Gasteiger partial charge in [0.15, 0.2) is 0 Å². The van der Waals surface area contributed by atoms with E-state index in [0.717, 1.165) is 12.3 Å². The van der Waals surface area contributed by atoms with Crippen molar-refractivity contribution in [3.63, 3.8) is 0 Å². The highest BCUT2D eigenvalue weighted by atomic mass is 16.2. The zero-order chi connectivity index (χ0) is 8.53. The molecule has 0 aromatic rings. The molecule has 11 heavy (non-hydrogen) atoms. The van der Waals surface area contributed by atoms with Crippen LogP contribution in [0, 0.1) is 5.92 Å². The fourth-order valence-corrected chi connectivity index (χ4v) is 0.981. The topological polar surface area (TPSA) is 20.2 Å². The first-order valence-corrected chi connectivity index (χ1v) is 4.57. The van der Waals surface area contributed by atoms with Crippen molar-refractivity contribution in [3.8, 4) is 0 Å². The van der Waals surface area contributed by atoms with Gasteiger partial charge in [-0.3, -0.25) is 0 Å². The van der Waals surface area contributed by atoms with Crippen LogP contribution in [0.25, 0.3) is 0 Å². The van der Waals surface area contributed by atoms with E-state index in [-0.39, 0.29) is 6.61 Å². The lowest BCUT2D eigenvalue weighted by Crippen LogP contribution is -1.90. The molecule has 0 aliphatic heterocycles. The van der Waals surface area contributed by atoms with Crippen LogP contribution in [0.5, 0.6) is 0 Å². The Morgan fingerprint density at radius 1 is 1.36 bits per heavy atom. The number of allylic oxidation sites excluding steroid dienone is 1. The highest BCUT2D eigenvalue weighted by Gasteiger charge is 1.95. The Bertz CT molecular complexity index is 97.0. The summed E-state index contributed by atoms with van der Waals surface area (Å²) in [5, 5.41) is 8.43. The van der Waals surface area contributed by atoms with E-state index in [4.69, 9.17) is 5.11 Å². The van der Waals surface area contributed by atoms with Crippen molar-refractivity contribution in [2.75, 3.05) is 6.61 Å². The maximum atomic E-state index is 8.43. The van der Waals surface area contributed by atoms with Gasteiger partial charge in [0.25, 0.3) is 0 Å². The maximum absolute atomic E-state index is 8.43. The molecule has 1 unspecified atom stereocenters. The molecule has 0 aliphatic carbocycles. The van der Waals surface area contributed by atoms with Gasteiger partial charge in [0.2, 0.25) is 0 Å². The number of rotatable bonds is 6. The fourth-order valence-electron chi connectivity index (χ4n) is 0.981. The fraction of sp³-hybridized carbons (Fsp3) is 0.800. The summed E-state index contributed by atoms with van der Waals surface area (Å²) in [5.74, 6) is 0.859. The molecule has 1 nitrogen and oxygen atoms in total. The van der Waals surface area contributed by atoms with Crippen LogP contribution in [0.1, 0.15) is 39.5 Å². The molecule has 66 valence electrons. The van der Waals surface area contributed by atoms with Gasteiger partial charge in [-0.15, -0.1) is 0 Å². The van der Waals surface area contributed by atoms with Crippen LogP contribution in [0.15, 0.2) is 12.2 Å². The molecule has 0 rings (SSSR count). The van der Waals surface area contributed by atoms with Crippen LogP contribution in [0.4, 0.5) is 0 Å². The molecule has 0 radical (unpaired) electrons. The Kier molecular flexibility index (Phi) is 7.59. The van der Waals surface area contributed by atoms with Crippen LogP contribution in [-0.2, 0) is 0 Å². The normalized spacial score (nSPS) is 14.1. The number of unbranched alkanes of at least 4 members (excludes halogenated alkanes) is 1. The van der Waals surface area contributed by atoms with Crippen LogP contribution in [0.3, 0.4) is 0 Å². The van der Waals surface area contributed by atoms with Crippen molar-refractivity contribution in [2.24, 2.45) is 5.92 Å². The first-order valence-electron chi connectivity index (χ1n) is 4.57. The standard InChI is InChI=1S/C10H20O/c1-3-10(2)8-6-4-5-7-9-11/h5,7,10-11H,3-4,6,8-9H2,1-2H3/b7-5+. The van der Waals surface area contributed by atoms with Gasteiger partial charge in [-0.2, -0.15) is 0 Å². The molecular weight excluding hydrogens is 136 g/mol. The van der Waals surface area contributed by atoms with Gasteiger partial charge < -0.3 is 5.11 Å². The summed E-state index contributed by atoms with van der Waals surface area (Å²) in [6.07, 6.45) is 8.84. The Labute approximate surface area is 70.1 Å². The lowest BCUT2D eigenvalue weighted by atomic mass is 10.0. The number of hydrogen-bond donors (Lipinski definition) is 1. The summed E-state index contributed by atoms with van der Waals surface area (Å²) in [7, 11) is 0. The summed E-state index contributed by atoms with van der Waals surface area (Å²) in [4.78, 5) is 0. The Balaban J connectivity index is 3.07. The lowest BCUT2D eigenvalue weighted by Gasteiger charge is -2.05. The van der Waals surface area contributed by atoms with Crippen molar-refractivity contribution >= 4 is 0 Å². The molecule has 0 saturated carbocycles. The molecule has 0 heterocycles. The first-order chi connectivity index (χ1) is 5.31. The minimum atomic E-state index is 0.184. The average molecular weight is 156 g/mol. The van der Waals surface area contributed by atoms with E-state index in [9.17, 15) is 0 Å². The van der Waals surface area contributed by atoms with Gasteiger partial charge in [-0.05, 0) is 18.8 Å². The van der Waals surface area contributed by atoms with E-state index in [1.165, 1.54) is 19.3 Å². The quantitative estimate of drug-likeness (QED) is 0.463. The minimum Gasteiger partial charge on any atom is -0.392 e.